The number of likely N-dealkylation sites (tertiary alicyclic amines) is 1. The fourth-order valence-electron chi connectivity index (χ4n) is 2.49. The van der Waals surface area contributed by atoms with Crippen molar-refractivity contribution in [1.82, 2.24) is 9.88 Å². The number of fused-ring (bicyclic) bond motifs is 1. The average Bonchev–Trinajstić information content (AvgIpc) is 3.00. The second-order valence-electron chi connectivity index (χ2n) is 4.92. The first-order chi connectivity index (χ1) is 9.33. The Labute approximate surface area is 111 Å². The Bertz CT molecular complexity index is 523. The summed E-state index contributed by atoms with van der Waals surface area (Å²) in [6.45, 7) is 3.50. The van der Waals surface area contributed by atoms with Crippen LogP contribution in [-0.4, -0.2) is 42.1 Å². The van der Waals surface area contributed by atoms with Crippen LogP contribution in [0.1, 0.15) is 29.8 Å². The standard InChI is InChI=1S/C14H18N2O3/c17-14(12-10-13-11(15-12)4-8-18-13)19-9-7-16-5-2-1-3-6-16/h4,8,10,15H,1-3,5-7,9H2. The molecule has 102 valence electrons. The van der Waals surface area contributed by atoms with E-state index >= 15 is 0 Å². The fraction of sp³-hybridized carbons (Fsp3) is 0.500. The number of hydrogen-bond donors (Lipinski definition) is 1. The third-order valence-corrected chi connectivity index (χ3v) is 3.55. The number of piperidine rings is 1. The molecule has 1 fully saturated rings. The minimum Gasteiger partial charge on any atom is -0.463 e. The van der Waals surface area contributed by atoms with Gasteiger partial charge in [-0.1, -0.05) is 6.42 Å². The minimum absolute atomic E-state index is 0.316. The number of hydrogen-bond acceptors (Lipinski definition) is 4. The Morgan fingerprint density at radius 2 is 2.21 bits per heavy atom. The number of nitrogens with zero attached hydrogens (tertiary/aromatic N) is 1. The predicted octanol–water partition coefficient (Wildman–Crippen LogP) is 2.40. The maximum atomic E-state index is 11.8. The number of carbonyl (C=O) groups excluding carboxylic acids is 1. The smallest absolute Gasteiger partial charge is 0.354 e. The summed E-state index contributed by atoms with van der Waals surface area (Å²) in [5.41, 5.74) is 1.96. The van der Waals surface area contributed by atoms with Gasteiger partial charge in [0.1, 0.15) is 12.3 Å². The molecule has 0 unspecified atom stereocenters. The van der Waals surface area contributed by atoms with E-state index in [1.165, 1.54) is 19.3 Å². The zero-order valence-electron chi connectivity index (χ0n) is 10.9. The Morgan fingerprint density at radius 3 is 3.00 bits per heavy atom. The van der Waals surface area contributed by atoms with Crippen LogP contribution in [0.15, 0.2) is 22.8 Å². The summed E-state index contributed by atoms with van der Waals surface area (Å²) in [5.74, 6) is -0.316. The van der Waals surface area contributed by atoms with Crippen molar-refractivity contribution in [3.63, 3.8) is 0 Å². The van der Waals surface area contributed by atoms with Crippen molar-refractivity contribution in [2.45, 2.75) is 19.3 Å². The zero-order chi connectivity index (χ0) is 13.1. The largest absolute Gasteiger partial charge is 0.463 e. The topological polar surface area (TPSA) is 58.5 Å². The van der Waals surface area contributed by atoms with Crippen molar-refractivity contribution in [2.24, 2.45) is 0 Å². The van der Waals surface area contributed by atoms with Crippen LogP contribution in [0.4, 0.5) is 0 Å². The maximum Gasteiger partial charge on any atom is 0.354 e. The van der Waals surface area contributed by atoms with E-state index in [-0.39, 0.29) is 5.97 Å². The van der Waals surface area contributed by atoms with E-state index in [0.29, 0.717) is 17.9 Å². The van der Waals surface area contributed by atoms with Crippen molar-refractivity contribution in [3.8, 4) is 0 Å². The van der Waals surface area contributed by atoms with E-state index < -0.39 is 0 Å². The van der Waals surface area contributed by atoms with Gasteiger partial charge in [0, 0.05) is 18.7 Å². The summed E-state index contributed by atoms with van der Waals surface area (Å²) >= 11 is 0. The molecule has 2 aromatic heterocycles. The van der Waals surface area contributed by atoms with E-state index in [1.807, 2.05) is 0 Å². The molecule has 1 N–H and O–H groups in total. The summed E-state index contributed by atoms with van der Waals surface area (Å²) in [6, 6.07) is 3.47. The van der Waals surface area contributed by atoms with Gasteiger partial charge in [0.05, 0.1) is 11.8 Å². The molecule has 0 spiro atoms. The van der Waals surface area contributed by atoms with Crippen LogP contribution in [0, 0.1) is 0 Å². The molecular formula is C14H18N2O3. The van der Waals surface area contributed by atoms with E-state index in [0.717, 1.165) is 25.2 Å². The normalized spacial score (nSPS) is 16.8. The van der Waals surface area contributed by atoms with Crippen molar-refractivity contribution >= 4 is 17.1 Å². The summed E-state index contributed by atoms with van der Waals surface area (Å²) in [5, 5.41) is 0. The number of H-pyrrole nitrogens is 1. The molecule has 1 aliphatic heterocycles. The molecule has 0 radical (unpaired) electrons. The molecule has 0 bridgehead atoms. The highest BCUT2D eigenvalue weighted by atomic mass is 16.5. The summed E-state index contributed by atoms with van der Waals surface area (Å²) in [6.07, 6.45) is 5.41. The molecule has 5 heteroatoms. The quantitative estimate of drug-likeness (QED) is 0.860. The Morgan fingerprint density at radius 1 is 1.37 bits per heavy atom. The molecule has 0 atom stereocenters. The van der Waals surface area contributed by atoms with Crippen LogP contribution >= 0.6 is 0 Å². The highest BCUT2D eigenvalue weighted by Crippen LogP contribution is 2.16. The van der Waals surface area contributed by atoms with E-state index in [1.54, 1.807) is 18.4 Å². The number of furan rings is 1. The second-order valence-corrected chi connectivity index (χ2v) is 4.92. The molecule has 19 heavy (non-hydrogen) atoms. The van der Waals surface area contributed by atoms with E-state index in [4.69, 9.17) is 9.15 Å². The molecule has 0 saturated carbocycles. The number of nitrogens with one attached hydrogen (secondary N) is 1. The van der Waals surface area contributed by atoms with Crippen molar-refractivity contribution in [1.29, 1.82) is 0 Å². The van der Waals surface area contributed by atoms with Crippen LogP contribution in [0.2, 0.25) is 0 Å². The first kappa shape index (κ1) is 12.3. The van der Waals surface area contributed by atoms with Gasteiger partial charge in [0.25, 0.3) is 0 Å². The third kappa shape index (κ3) is 2.81. The first-order valence-corrected chi connectivity index (χ1v) is 6.78. The lowest BCUT2D eigenvalue weighted by atomic mass is 10.1. The van der Waals surface area contributed by atoms with Crippen LogP contribution in [-0.2, 0) is 4.74 Å². The highest BCUT2D eigenvalue weighted by molar-refractivity contribution is 5.93. The predicted molar refractivity (Wildman–Crippen MR) is 71.1 cm³/mol. The number of aromatic nitrogens is 1. The van der Waals surface area contributed by atoms with Gasteiger partial charge in [-0.05, 0) is 25.9 Å². The molecule has 3 rings (SSSR count). The van der Waals surface area contributed by atoms with Crippen LogP contribution < -0.4 is 0 Å². The van der Waals surface area contributed by atoms with Crippen LogP contribution in [0.3, 0.4) is 0 Å². The lowest BCUT2D eigenvalue weighted by Gasteiger charge is -2.25. The number of esters is 1. The van der Waals surface area contributed by atoms with Gasteiger partial charge in [-0.2, -0.15) is 0 Å². The molecule has 0 aliphatic carbocycles. The Hall–Kier alpha value is -1.75. The number of ether oxygens (including phenoxy) is 1. The van der Waals surface area contributed by atoms with Gasteiger partial charge in [-0.25, -0.2) is 4.79 Å². The number of rotatable bonds is 4. The molecule has 3 heterocycles. The van der Waals surface area contributed by atoms with Gasteiger partial charge in [0.15, 0.2) is 5.58 Å². The molecule has 0 aromatic carbocycles. The van der Waals surface area contributed by atoms with Gasteiger partial charge in [-0.15, -0.1) is 0 Å². The third-order valence-electron chi connectivity index (χ3n) is 3.55. The Balaban J connectivity index is 1.49. The highest BCUT2D eigenvalue weighted by Gasteiger charge is 2.14. The molecule has 1 saturated heterocycles. The number of carbonyl (C=O) groups is 1. The van der Waals surface area contributed by atoms with Gasteiger partial charge in [-0.3, -0.25) is 4.90 Å². The van der Waals surface area contributed by atoms with E-state index in [2.05, 4.69) is 9.88 Å². The van der Waals surface area contributed by atoms with Crippen LogP contribution in [0.5, 0.6) is 0 Å². The number of aromatic amines is 1. The van der Waals surface area contributed by atoms with Crippen molar-refractivity contribution in [2.75, 3.05) is 26.2 Å². The van der Waals surface area contributed by atoms with Gasteiger partial charge >= 0.3 is 5.97 Å². The van der Waals surface area contributed by atoms with E-state index in [9.17, 15) is 4.79 Å². The van der Waals surface area contributed by atoms with Crippen molar-refractivity contribution in [3.05, 3.63) is 24.1 Å². The lowest BCUT2D eigenvalue weighted by Crippen LogP contribution is -2.33. The van der Waals surface area contributed by atoms with Crippen LogP contribution in [0.25, 0.3) is 11.1 Å². The molecule has 0 amide bonds. The SMILES string of the molecule is O=C(OCCN1CCCCC1)c1cc2occc2[nH]1. The molecular weight excluding hydrogens is 244 g/mol. The second kappa shape index (κ2) is 5.48. The fourth-order valence-corrected chi connectivity index (χ4v) is 2.49. The molecule has 1 aliphatic rings. The summed E-state index contributed by atoms with van der Waals surface area (Å²) < 4.78 is 10.5. The Kier molecular flexibility index (Phi) is 3.55. The van der Waals surface area contributed by atoms with Gasteiger partial charge in [0.2, 0.25) is 0 Å². The summed E-state index contributed by atoms with van der Waals surface area (Å²) in [4.78, 5) is 17.2. The zero-order valence-corrected chi connectivity index (χ0v) is 10.9. The molecule has 2 aromatic rings. The molecule has 5 nitrogen and oxygen atoms in total. The summed E-state index contributed by atoms with van der Waals surface area (Å²) in [7, 11) is 0. The van der Waals surface area contributed by atoms with Crippen molar-refractivity contribution < 1.29 is 13.9 Å². The lowest BCUT2D eigenvalue weighted by molar-refractivity contribution is 0.0446. The monoisotopic (exact) mass is 262 g/mol. The van der Waals surface area contributed by atoms with Gasteiger partial charge < -0.3 is 14.1 Å². The first-order valence-electron chi connectivity index (χ1n) is 6.78. The maximum absolute atomic E-state index is 11.8. The average molecular weight is 262 g/mol. The minimum atomic E-state index is -0.316.